The van der Waals surface area contributed by atoms with Crippen LogP contribution in [0.15, 0.2) is 16.4 Å². The van der Waals surface area contributed by atoms with Crippen LogP contribution in [0.2, 0.25) is 0 Å². The Balaban J connectivity index is 2.20. The van der Waals surface area contributed by atoms with E-state index in [2.05, 4.69) is 5.10 Å². The molecule has 16 heavy (non-hydrogen) atoms. The van der Waals surface area contributed by atoms with Crippen LogP contribution in [0, 0.1) is 11.8 Å². The zero-order chi connectivity index (χ0) is 11.9. The van der Waals surface area contributed by atoms with E-state index < -0.39 is 17.8 Å². The summed E-state index contributed by atoms with van der Waals surface area (Å²) in [7, 11) is 2.98. The second-order valence-corrected chi connectivity index (χ2v) is 4.98. The Morgan fingerprint density at radius 3 is 2.75 bits per heavy atom. The average Bonchev–Trinajstić information content (AvgIpc) is 2.79. The molecule has 3 aliphatic rings. The zero-order valence-electron chi connectivity index (χ0n) is 8.87. The fourth-order valence-corrected chi connectivity index (χ4v) is 2.90. The molecule has 0 spiro atoms. The van der Waals surface area contributed by atoms with Gasteiger partial charge in [-0.1, -0.05) is 5.10 Å². The van der Waals surface area contributed by atoms with Gasteiger partial charge in [0.15, 0.2) is 0 Å². The lowest BCUT2D eigenvalue weighted by Gasteiger charge is -2.25. The molecule has 1 fully saturated rings. The van der Waals surface area contributed by atoms with Gasteiger partial charge in [0.25, 0.3) is 0 Å². The van der Waals surface area contributed by atoms with Crippen LogP contribution in [0.4, 0.5) is 8.78 Å². The van der Waals surface area contributed by atoms with Crippen molar-refractivity contribution >= 4 is 11.7 Å². The molecule has 2 atom stereocenters. The smallest absolute Gasteiger partial charge is 0.360 e. The van der Waals surface area contributed by atoms with E-state index in [0.29, 0.717) is 6.42 Å². The lowest BCUT2D eigenvalue weighted by molar-refractivity contribution is -0.863. The molecule has 1 N–H and O–H groups in total. The topological polar surface area (TPSA) is 49.7 Å². The maximum atomic E-state index is 13.9. The third-order valence-electron chi connectivity index (χ3n) is 3.55. The number of allylic oxidation sites excluding steroid dienone is 1. The van der Waals surface area contributed by atoms with Crippen LogP contribution in [-0.4, -0.2) is 41.4 Å². The van der Waals surface area contributed by atoms with E-state index in [1.165, 1.54) is 14.1 Å². The molecule has 1 heterocycles. The summed E-state index contributed by atoms with van der Waals surface area (Å²) in [6.07, 6.45) is 0.387. The van der Waals surface area contributed by atoms with Gasteiger partial charge in [0, 0.05) is 11.8 Å². The molecular formula is C10H11F2N2O2+. The van der Waals surface area contributed by atoms with Crippen LogP contribution in [0.1, 0.15) is 6.42 Å². The molecule has 4 nitrogen and oxygen atoms in total. The summed E-state index contributed by atoms with van der Waals surface area (Å²) in [6.45, 7) is 0. The minimum Gasteiger partial charge on any atom is -0.476 e. The number of halogens is 2. The van der Waals surface area contributed by atoms with Crippen molar-refractivity contribution in [1.82, 2.24) is 0 Å². The molecule has 0 amide bonds. The van der Waals surface area contributed by atoms with Crippen molar-refractivity contribution < 1.29 is 23.3 Å². The lowest BCUT2D eigenvalue weighted by atomic mass is 10.1. The summed E-state index contributed by atoms with van der Waals surface area (Å²) in [5.74, 6) is -5.09. The number of rotatable bonds is 1. The quantitative estimate of drug-likeness (QED) is 0.683. The Kier molecular flexibility index (Phi) is 1.45. The van der Waals surface area contributed by atoms with E-state index in [4.69, 9.17) is 5.11 Å². The van der Waals surface area contributed by atoms with Crippen LogP contribution in [0.3, 0.4) is 0 Å². The molecule has 86 valence electrons. The molecule has 0 aromatic heterocycles. The third kappa shape index (κ3) is 0.910. The highest BCUT2D eigenvalue weighted by Gasteiger charge is 2.73. The Morgan fingerprint density at radius 1 is 1.56 bits per heavy atom. The van der Waals surface area contributed by atoms with Crippen LogP contribution in [0.25, 0.3) is 0 Å². The number of alkyl halides is 2. The van der Waals surface area contributed by atoms with Gasteiger partial charge in [-0.2, -0.15) is 13.4 Å². The minimum atomic E-state index is -2.90. The highest BCUT2D eigenvalue weighted by molar-refractivity contribution is 6.43. The largest absolute Gasteiger partial charge is 0.476 e. The number of hydrogen-bond donors (Lipinski definition) is 1. The van der Waals surface area contributed by atoms with Crippen molar-refractivity contribution in [3.8, 4) is 0 Å². The summed E-state index contributed by atoms with van der Waals surface area (Å²) in [4.78, 5) is 11.0. The molecule has 1 saturated carbocycles. The van der Waals surface area contributed by atoms with Gasteiger partial charge in [0.2, 0.25) is 11.4 Å². The molecule has 0 bridgehead atoms. The van der Waals surface area contributed by atoms with E-state index in [0.717, 1.165) is 0 Å². The van der Waals surface area contributed by atoms with Crippen LogP contribution >= 0.6 is 0 Å². The average molecular weight is 229 g/mol. The van der Waals surface area contributed by atoms with Gasteiger partial charge < -0.3 is 5.11 Å². The van der Waals surface area contributed by atoms with E-state index in [1.54, 1.807) is 0 Å². The van der Waals surface area contributed by atoms with Gasteiger partial charge in [0.1, 0.15) is 0 Å². The van der Waals surface area contributed by atoms with Gasteiger partial charge in [0.05, 0.1) is 19.7 Å². The molecule has 1 aliphatic heterocycles. The van der Waals surface area contributed by atoms with Crippen molar-refractivity contribution in [3.05, 3.63) is 11.3 Å². The van der Waals surface area contributed by atoms with Crippen molar-refractivity contribution in [1.29, 1.82) is 0 Å². The summed E-state index contributed by atoms with van der Waals surface area (Å²) >= 11 is 0. The fraction of sp³-hybridized carbons (Fsp3) is 0.600. The fourth-order valence-electron chi connectivity index (χ4n) is 2.90. The van der Waals surface area contributed by atoms with Gasteiger partial charge in [-0.3, -0.25) is 0 Å². The Morgan fingerprint density at radius 2 is 2.19 bits per heavy atom. The molecule has 3 rings (SSSR count). The molecule has 0 aromatic rings. The van der Waals surface area contributed by atoms with Crippen LogP contribution in [-0.2, 0) is 4.79 Å². The number of quaternary nitrogens is 1. The number of carboxylic acids is 1. The highest BCUT2D eigenvalue weighted by atomic mass is 19.3. The van der Waals surface area contributed by atoms with E-state index in [1.807, 2.05) is 0 Å². The Labute approximate surface area is 90.4 Å². The number of aliphatic carboxylic acids is 1. The Hall–Kier alpha value is -1.30. The predicted molar refractivity (Wildman–Crippen MR) is 50.7 cm³/mol. The third-order valence-corrected chi connectivity index (χ3v) is 3.55. The molecule has 6 heteroatoms. The normalized spacial score (nSPS) is 36.9. The standard InChI is InChI=1S/C10H10F2N2O2/c1-14(2)8-6(7(13-14)9(15)16)4-3-5(4)10(8,11)12/h4-5H,3H2,1-2H3/p+1/t4-,5+/m0/s1. The van der Waals surface area contributed by atoms with Crippen molar-refractivity contribution in [3.63, 3.8) is 0 Å². The second-order valence-electron chi connectivity index (χ2n) is 4.98. The number of nitrogens with zero attached hydrogens (tertiary/aromatic N) is 2. The predicted octanol–water partition coefficient (Wildman–Crippen LogP) is 1.06. The number of hydrogen-bond acceptors (Lipinski definition) is 2. The summed E-state index contributed by atoms with van der Waals surface area (Å²) in [5.41, 5.74) is -0.0108. The maximum absolute atomic E-state index is 13.9. The number of carboxylic acid groups (broad SMARTS) is 1. The first kappa shape index (κ1) is 9.89. The summed E-state index contributed by atoms with van der Waals surface area (Å²) < 4.78 is 27.5. The van der Waals surface area contributed by atoms with E-state index in [9.17, 15) is 13.6 Å². The molecule has 0 saturated heterocycles. The zero-order valence-corrected chi connectivity index (χ0v) is 8.87. The lowest BCUT2D eigenvalue weighted by Crippen LogP contribution is -2.39. The second kappa shape index (κ2) is 2.34. The first-order valence-electron chi connectivity index (χ1n) is 5.07. The van der Waals surface area contributed by atoms with Gasteiger partial charge >= 0.3 is 11.9 Å². The van der Waals surface area contributed by atoms with E-state index in [-0.39, 0.29) is 27.5 Å². The summed E-state index contributed by atoms with van der Waals surface area (Å²) in [5, 5.41) is 12.9. The van der Waals surface area contributed by atoms with Gasteiger partial charge in [-0.25, -0.2) is 4.79 Å². The van der Waals surface area contributed by atoms with Gasteiger partial charge in [-0.05, 0) is 6.42 Å². The SMILES string of the molecule is C[N+]1(C)N=C(C(=O)O)C2=C1C(F)(F)[C@@H]1C[C@H]21. The number of carbonyl (C=O) groups is 1. The van der Waals surface area contributed by atoms with Gasteiger partial charge in [-0.15, -0.1) is 0 Å². The monoisotopic (exact) mass is 229 g/mol. The van der Waals surface area contributed by atoms with Crippen molar-refractivity contribution in [2.24, 2.45) is 16.9 Å². The minimum absolute atomic E-state index is 0.119. The first-order chi connectivity index (χ1) is 7.27. The van der Waals surface area contributed by atoms with Crippen LogP contribution in [0.5, 0.6) is 0 Å². The van der Waals surface area contributed by atoms with Crippen molar-refractivity contribution in [2.45, 2.75) is 12.3 Å². The molecule has 0 unspecified atom stereocenters. The molecule has 2 aliphatic carbocycles. The van der Waals surface area contributed by atoms with Crippen molar-refractivity contribution in [2.75, 3.05) is 14.1 Å². The van der Waals surface area contributed by atoms with E-state index >= 15 is 0 Å². The molecular weight excluding hydrogens is 218 g/mol. The number of fused-ring (bicyclic) bond motifs is 2. The summed E-state index contributed by atoms with van der Waals surface area (Å²) in [6, 6.07) is 0. The highest BCUT2D eigenvalue weighted by Crippen LogP contribution is 2.65. The first-order valence-corrected chi connectivity index (χ1v) is 5.07. The van der Waals surface area contributed by atoms with Crippen LogP contribution < -0.4 is 0 Å². The molecule has 0 radical (unpaired) electrons. The molecule has 0 aromatic carbocycles. The Bertz CT molecular complexity index is 479. The maximum Gasteiger partial charge on any atom is 0.360 e.